The third-order valence-corrected chi connectivity index (χ3v) is 6.08. The van der Waals surface area contributed by atoms with E-state index in [0.717, 1.165) is 23.1 Å². The number of anilines is 2. The Hall–Kier alpha value is -2.83. The van der Waals surface area contributed by atoms with E-state index in [2.05, 4.69) is 36.8 Å². The average Bonchev–Trinajstić information content (AvgIpc) is 3.14. The van der Waals surface area contributed by atoms with Crippen LogP contribution in [-0.2, 0) is 4.79 Å². The van der Waals surface area contributed by atoms with Gasteiger partial charge in [-0.3, -0.25) is 25.0 Å². The number of hydrogen-bond acceptors (Lipinski definition) is 8. The first kappa shape index (κ1) is 20.9. The van der Waals surface area contributed by atoms with E-state index in [1.165, 1.54) is 18.2 Å². The molecule has 0 radical (unpaired) electrons. The Balaban J connectivity index is 1.53. The first-order chi connectivity index (χ1) is 13.9. The molecule has 2 N–H and O–H groups in total. The number of thioether (sulfide) groups is 1. The van der Waals surface area contributed by atoms with Gasteiger partial charge >= 0.3 is 0 Å². The van der Waals surface area contributed by atoms with Crippen LogP contribution in [0.5, 0.6) is 0 Å². The average molecular weight is 494 g/mol. The van der Waals surface area contributed by atoms with Crippen molar-refractivity contribution >= 4 is 67.3 Å². The van der Waals surface area contributed by atoms with Crippen LogP contribution in [0.1, 0.15) is 10.4 Å². The quantitative estimate of drug-likeness (QED) is 0.218. The summed E-state index contributed by atoms with van der Waals surface area (Å²) in [6.07, 6.45) is 0. The molecule has 1 aromatic heterocycles. The smallest absolute Gasteiger partial charge is 0.271 e. The van der Waals surface area contributed by atoms with Gasteiger partial charge < -0.3 is 5.32 Å². The fraction of sp³-hybridized carbons (Fsp3) is 0.0588. The number of non-ortho nitro benzene ring substituents is 1. The lowest BCUT2D eigenvalue weighted by atomic mass is 10.2. The Morgan fingerprint density at radius 1 is 1.14 bits per heavy atom. The summed E-state index contributed by atoms with van der Waals surface area (Å²) in [6.45, 7) is 0. The molecule has 0 bridgehead atoms. The van der Waals surface area contributed by atoms with Crippen molar-refractivity contribution < 1.29 is 14.5 Å². The van der Waals surface area contributed by atoms with Crippen molar-refractivity contribution in [3.8, 4) is 0 Å². The SMILES string of the molecule is O=C(CSc1nnc(NC(=O)c2ccccc2Br)s1)Nc1cccc([N+](=O)[O-])c1. The second-order valence-electron chi connectivity index (χ2n) is 5.45. The lowest BCUT2D eigenvalue weighted by Crippen LogP contribution is -2.14. The van der Waals surface area contributed by atoms with Crippen molar-refractivity contribution in [3.63, 3.8) is 0 Å². The largest absolute Gasteiger partial charge is 0.325 e. The molecular formula is C17H12BrN5O4S2. The number of carbonyl (C=O) groups is 2. The molecule has 9 nitrogen and oxygen atoms in total. The molecule has 0 aliphatic carbocycles. The van der Waals surface area contributed by atoms with Gasteiger partial charge in [0.1, 0.15) is 0 Å². The number of nitro groups is 1. The maximum atomic E-state index is 12.3. The van der Waals surface area contributed by atoms with E-state index < -0.39 is 4.92 Å². The van der Waals surface area contributed by atoms with Crippen LogP contribution in [0.2, 0.25) is 0 Å². The summed E-state index contributed by atoms with van der Waals surface area (Å²) in [6, 6.07) is 12.7. The molecule has 0 aliphatic heterocycles. The summed E-state index contributed by atoms with van der Waals surface area (Å²) >= 11 is 5.60. The number of nitrogens with zero attached hydrogens (tertiary/aromatic N) is 3. The molecule has 0 saturated heterocycles. The minimum Gasteiger partial charge on any atom is -0.325 e. The molecule has 12 heteroatoms. The Morgan fingerprint density at radius 3 is 2.69 bits per heavy atom. The van der Waals surface area contributed by atoms with Crippen LogP contribution in [0, 0.1) is 10.1 Å². The first-order valence-electron chi connectivity index (χ1n) is 7.99. The third kappa shape index (κ3) is 5.82. The van der Waals surface area contributed by atoms with E-state index in [1.54, 1.807) is 30.3 Å². The van der Waals surface area contributed by atoms with Crippen LogP contribution in [-0.4, -0.2) is 32.7 Å². The molecule has 0 saturated carbocycles. The summed E-state index contributed by atoms with van der Waals surface area (Å²) in [5, 5.41) is 24.2. The number of hydrogen-bond donors (Lipinski definition) is 2. The molecule has 1 heterocycles. The highest BCUT2D eigenvalue weighted by Crippen LogP contribution is 2.27. The molecule has 0 aliphatic rings. The summed E-state index contributed by atoms with van der Waals surface area (Å²) < 4.78 is 1.16. The number of nitro benzene ring substituents is 1. The van der Waals surface area contributed by atoms with Gasteiger partial charge in [0, 0.05) is 22.3 Å². The minimum absolute atomic E-state index is 0.0372. The predicted molar refractivity (Wildman–Crippen MR) is 114 cm³/mol. The van der Waals surface area contributed by atoms with Crippen LogP contribution in [0.3, 0.4) is 0 Å². The van der Waals surface area contributed by atoms with E-state index >= 15 is 0 Å². The zero-order chi connectivity index (χ0) is 20.8. The van der Waals surface area contributed by atoms with E-state index in [-0.39, 0.29) is 23.3 Å². The molecule has 0 spiro atoms. The normalized spacial score (nSPS) is 10.4. The predicted octanol–water partition coefficient (Wildman–Crippen LogP) is 4.19. The van der Waals surface area contributed by atoms with Crippen molar-refractivity contribution in [1.82, 2.24) is 10.2 Å². The number of amides is 2. The maximum absolute atomic E-state index is 12.3. The van der Waals surface area contributed by atoms with E-state index in [9.17, 15) is 19.7 Å². The summed E-state index contributed by atoms with van der Waals surface area (Å²) in [5.74, 6) is -0.631. The topological polar surface area (TPSA) is 127 Å². The van der Waals surface area contributed by atoms with Gasteiger partial charge in [-0.2, -0.15) is 0 Å². The van der Waals surface area contributed by atoms with E-state index in [4.69, 9.17) is 0 Å². The third-order valence-electron chi connectivity index (χ3n) is 3.41. The van der Waals surface area contributed by atoms with Crippen molar-refractivity contribution in [3.05, 3.63) is 68.7 Å². The highest BCUT2D eigenvalue weighted by Gasteiger charge is 2.14. The molecular weight excluding hydrogens is 482 g/mol. The fourth-order valence-electron chi connectivity index (χ4n) is 2.15. The Labute approximate surface area is 181 Å². The molecule has 0 fully saturated rings. The highest BCUT2D eigenvalue weighted by atomic mass is 79.9. The van der Waals surface area contributed by atoms with Crippen LogP contribution >= 0.6 is 39.0 Å². The molecule has 2 aromatic carbocycles. The fourth-order valence-corrected chi connectivity index (χ4v) is 4.16. The van der Waals surface area contributed by atoms with Gasteiger partial charge in [0.15, 0.2) is 4.34 Å². The molecule has 3 aromatic rings. The van der Waals surface area contributed by atoms with Crippen LogP contribution in [0.25, 0.3) is 0 Å². The Morgan fingerprint density at radius 2 is 1.93 bits per heavy atom. The second-order valence-corrected chi connectivity index (χ2v) is 8.51. The van der Waals surface area contributed by atoms with Gasteiger partial charge in [-0.1, -0.05) is 41.3 Å². The van der Waals surface area contributed by atoms with Gasteiger partial charge in [0.25, 0.3) is 11.6 Å². The molecule has 3 rings (SSSR count). The van der Waals surface area contributed by atoms with Crippen LogP contribution in [0.15, 0.2) is 57.3 Å². The van der Waals surface area contributed by atoms with Crippen molar-refractivity contribution in [2.24, 2.45) is 0 Å². The number of rotatable bonds is 7. The summed E-state index contributed by atoms with van der Waals surface area (Å²) in [4.78, 5) is 34.6. The lowest BCUT2D eigenvalue weighted by Gasteiger charge is -2.04. The molecule has 29 heavy (non-hydrogen) atoms. The zero-order valence-corrected chi connectivity index (χ0v) is 17.7. The molecule has 2 amide bonds. The van der Waals surface area contributed by atoms with Gasteiger partial charge in [0.2, 0.25) is 11.0 Å². The Bertz CT molecular complexity index is 1080. The van der Waals surface area contributed by atoms with Crippen molar-refractivity contribution in [2.45, 2.75) is 4.34 Å². The molecule has 0 unspecified atom stereocenters. The number of carbonyl (C=O) groups excluding carboxylic acids is 2. The lowest BCUT2D eigenvalue weighted by molar-refractivity contribution is -0.384. The van der Waals surface area contributed by atoms with Crippen LogP contribution in [0.4, 0.5) is 16.5 Å². The highest BCUT2D eigenvalue weighted by molar-refractivity contribution is 9.10. The number of halogens is 1. The van der Waals surface area contributed by atoms with Gasteiger partial charge in [0.05, 0.1) is 16.2 Å². The Kier molecular flexibility index (Phi) is 6.90. The standard InChI is InChI=1S/C17H12BrN5O4S2/c18-13-7-2-1-6-12(13)15(25)20-16-21-22-17(29-16)28-9-14(24)19-10-4-3-5-11(8-10)23(26)27/h1-8H,9H2,(H,19,24)(H,20,21,25). The van der Waals surface area contributed by atoms with Gasteiger partial charge in [-0.25, -0.2) is 0 Å². The van der Waals surface area contributed by atoms with Crippen molar-refractivity contribution in [2.75, 3.05) is 16.4 Å². The van der Waals surface area contributed by atoms with Crippen LogP contribution < -0.4 is 10.6 Å². The zero-order valence-electron chi connectivity index (χ0n) is 14.5. The summed E-state index contributed by atoms with van der Waals surface area (Å²) in [5.41, 5.74) is 0.696. The maximum Gasteiger partial charge on any atom is 0.271 e. The number of nitrogens with one attached hydrogen (secondary N) is 2. The first-order valence-corrected chi connectivity index (χ1v) is 10.6. The minimum atomic E-state index is -0.532. The molecule has 148 valence electrons. The number of benzene rings is 2. The van der Waals surface area contributed by atoms with Crippen molar-refractivity contribution in [1.29, 1.82) is 0 Å². The second kappa shape index (κ2) is 9.58. The van der Waals surface area contributed by atoms with Gasteiger partial charge in [-0.05, 0) is 34.1 Å². The van der Waals surface area contributed by atoms with E-state index in [1.807, 2.05) is 0 Å². The molecule has 0 atom stereocenters. The number of aromatic nitrogens is 2. The summed E-state index contributed by atoms with van der Waals surface area (Å²) in [7, 11) is 0. The van der Waals surface area contributed by atoms with Gasteiger partial charge in [-0.15, -0.1) is 10.2 Å². The monoisotopic (exact) mass is 493 g/mol. The van der Waals surface area contributed by atoms with E-state index in [0.29, 0.717) is 25.2 Å².